The summed E-state index contributed by atoms with van der Waals surface area (Å²) in [6, 6.07) is 0. The zero-order valence-electron chi connectivity index (χ0n) is 10.3. The van der Waals surface area contributed by atoms with Crippen LogP contribution >= 0.6 is 0 Å². The Morgan fingerprint density at radius 1 is 1.13 bits per heavy atom. The average Bonchev–Trinajstić information content (AvgIpc) is 2.17. The van der Waals surface area contributed by atoms with Gasteiger partial charge in [-0.3, -0.25) is 0 Å². The molecule has 0 bridgehead atoms. The van der Waals surface area contributed by atoms with Crippen molar-refractivity contribution in [2.45, 2.75) is 64.9 Å². The van der Waals surface area contributed by atoms with Crippen LogP contribution < -0.4 is 0 Å². The minimum Gasteiger partial charge on any atom is -0.392 e. The molecule has 0 aromatic rings. The third-order valence-corrected chi connectivity index (χ3v) is 3.60. The summed E-state index contributed by atoms with van der Waals surface area (Å²) in [5.74, 6) is 0. The number of unbranched alkanes of at least 4 members (excludes halogenated alkanes) is 3. The maximum atomic E-state index is 10.2. The van der Waals surface area contributed by atoms with Gasteiger partial charge in [-0.05, 0) is 12.8 Å². The summed E-state index contributed by atoms with van der Waals surface area (Å²) in [4.78, 5) is 0. The Kier molecular flexibility index (Phi) is 5.62. The molecule has 1 unspecified atom stereocenters. The number of rotatable bonds is 8. The van der Waals surface area contributed by atoms with Crippen molar-refractivity contribution in [2.75, 3.05) is 13.2 Å². The third-order valence-electron chi connectivity index (χ3n) is 3.60. The van der Waals surface area contributed by atoms with Crippen LogP contribution in [0.4, 0.5) is 0 Å². The van der Waals surface area contributed by atoms with Gasteiger partial charge in [-0.25, -0.2) is 0 Å². The molecule has 0 saturated carbocycles. The minimum absolute atomic E-state index is 0.115. The molecule has 1 saturated heterocycles. The topological polar surface area (TPSA) is 29.5 Å². The van der Waals surface area contributed by atoms with Crippen LogP contribution in [0.3, 0.4) is 0 Å². The van der Waals surface area contributed by atoms with Gasteiger partial charge >= 0.3 is 0 Å². The van der Waals surface area contributed by atoms with Gasteiger partial charge in [0.1, 0.15) is 0 Å². The maximum Gasteiger partial charge on any atom is 0.0640 e. The standard InChI is InChI=1S/C13H26O2/c1-3-5-7-8-12(14)13(9-6-4-2)10-15-11-13/h12,14H,3-11H2,1-2H3. The lowest BCUT2D eigenvalue weighted by Crippen LogP contribution is -2.51. The molecule has 1 atom stereocenters. The zero-order chi connectivity index (χ0) is 11.1. The molecule has 2 heteroatoms. The van der Waals surface area contributed by atoms with Gasteiger partial charge in [0.05, 0.1) is 19.3 Å². The van der Waals surface area contributed by atoms with Crippen molar-refractivity contribution in [3.8, 4) is 0 Å². The first-order valence-corrected chi connectivity index (χ1v) is 6.51. The molecular formula is C13H26O2. The fourth-order valence-corrected chi connectivity index (χ4v) is 2.29. The minimum atomic E-state index is -0.135. The molecule has 0 aliphatic carbocycles. The molecule has 0 amide bonds. The van der Waals surface area contributed by atoms with E-state index in [1.165, 1.54) is 25.7 Å². The van der Waals surface area contributed by atoms with Crippen molar-refractivity contribution in [3.63, 3.8) is 0 Å². The summed E-state index contributed by atoms with van der Waals surface area (Å²) in [5, 5.41) is 10.2. The number of aliphatic hydroxyl groups excluding tert-OH is 1. The quantitative estimate of drug-likeness (QED) is 0.629. The molecule has 0 aromatic carbocycles. The van der Waals surface area contributed by atoms with Crippen molar-refractivity contribution < 1.29 is 9.84 Å². The molecule has 0 spiro atoms. The Morgan fingerprint density at radius 2 is 1.80 bits per heavy atom. The van der Waals surface area contributed by atoms with Crippen LogP contribution in [0.1, 0.15) is 58.8 Å². The van der Waals surface area contributed by atoms with E-state index in [2.05, 4.69) is 13.8 Å². The molecule has 0 radical (unpaired) electrons. The second-order valence-corrected chi connectivity index (χ2v) is 4.97. The smallest absolute Gasteiger partial charge is 0.0640 e. The number of aliphatic hydroxyl groups is 1. The van der Waals surface area contributed by atoms with E-state index in [1.807, 2.05) is 0 Å². The summed E-state index contributed by atoms with van der Waals surface area (Å²) in [6.07, 6.45) is 8.01. The fourth-order valence-electron chi connectivity index (χ4n) is 2.29. The molecule has 1 aliphatic heterocycles. The fraction of sp³-hybridized carbons (Fsp3) is 1.00. The van der Waals surface area contributed by atoms with Crippen molar-refractivity contribution >= 4 is 0 Å². The highest BCUT2D eigenvalue weighted by Gasteiger charge is 2.43. The van der Waals surface area contributed by atoms with Gasteiger partial charge in [-0.2, -0.15) is 0 Å². The van der Waals surface area contributed by atoms with Crippen LogP contribution in [0.2, 0.25) is 0 Å². The van der Waals surface area contributed by atoms with Crippen molar-refractivity contribution in [1.82, 2.24) is 0 Å². The number of ether oxygens (including phenoxy) is 1. The third kappa shape index (κ3) is 3.46. The van der Waals surface area contributed by atoms with E-state index in [-0.39, 0.29) is 11.5 Å². The molecule has 90 valence electrons. The molecule has 15 heavy (non-hydrogen) atoms. The van der Waals surface area contributed by atoms with E-state index < -0.39 is 0 Å². The lowest BCUT2D eigenvalue weighted by Gasteiger charge is -2.45. The zero-order valence-corrected chi connectivity index (χ0v) is 10.3. The highest BCUT2D eigenvalue weighted by atomic mass is 16.5. The first kappa shape index (κ1) is 13.0. The first-order chi connectivity index (χ1) is 7.25. The summed E-state index contributed by atoms with van der Waals surface area (Å²) in [7, 11) is 0. The second kappa shape index (κ2) is 6.49. The van der Waals surface area contributed by atoms with E-state index in [1.54, 1.807) is 0 Å². The van der Waals surface area contributed by atoms with Crippen LogP contribution in [-0.2, 0) is 4.74 Å². The Bertz CT molecular complexity index is 164. The van der Waals surface area contributed by atoms with Crippen molar-refractivity contribution in [2.24, 2.45) is 5.41 Å². The predicted molar refractivity (Wildman–Crippen MR) is 62.9 cm³/mol. The largest absolute Gasteiger partial charge is 0.392 e. The Morgan fingerprint density at radius 3 is 2.27 bits per heavy atom. The van der Waals surface area contributed by atoms with E-state index in [4.69, 9.17) is 4.74 Å². The normalized spacial score (nSPS) is 21.0. The van der Waals surface area contributed by atoms with Gasteiger partial charge in [0.2, 0.25) is 0 Å². The van der Waals surface area contributed by atoms with Gasteiger partial charge < -0.3 is 9.84 Å². The Hall–Kier alpha value is -0.0800. The Labute approximate surface area is 94.0 Å². The van der Waals surface area contributed by atoms with Crippen LogP contribution in [0.25, 0.3) is 0 Å². The SMILES string of the molecule is CCCCCC(O)C1(CCCC)COC1. The van der Waals surface area contributed by atoms with Crippen molar-refractivity contribution in [3.05, 3.63) is 0 Å². The maximum absolute atomic E-state index is 10.2. The molecule has 1 fully saturated rings. The number of hydrogen-bond acceptors (Lipinski definition) is 2. The van der Waals surface area contributed by atoms with Gasteiger partial charge in [-0.1, -0.05) is 46.0 Å². The van der Waals surface area contributed by atoms with Crippen LogP contribution in [0.15, 0.2) is 0 Å². The summed E-state index contributed by atoms with van der Waals surface area (Å²) in [6.45, 7) is 5.96. The molecule has 1 rings (SSSR count). The van der Waals surface area contributed by atoms with Gasteiger partial charge in [0.15, 0.2) is 0 Å². The molecular weight excluding hydrogens is 188 g/mol. The van der Waals surface area contributed by atoms with Crippen LogP contribution in [-0.4, -0.2) is 24.4 Å². The predicted octanol–water partition coefficient (Wildman–Crippen LogP) is 3.13. The lowest BCUT2D eigenvalue weighted by atomic mass is 9.74. The molecule has 1 N–H and O–H groups in total. The van der Waals surface area contributed by atoms with Gasteiger partial charge in [-0.15, -0.1) is 0 Å². The second-order valence-electron chi connectivity index (χ2n) is 4.97. The molecule has 0 aromatic heterocycles. The van der Waals surface area contributed by atoms with Crippen LogP contribution in [0.5, 0.6) is 0 Å². The molecule has 1 aliphatic rings. The van der Waals surface area contributed by atoms with Gasteiger partial charge in [0.25, 0.3) is 0 Å². The van der Waals surface area contributed by atoms with E-state index in [9.17, 15) is 5.11 Å². The Balaban J connectivity index is 2.29. The summed E-state index contributed by atoms with van der Waals surface area (Å²) >= 11 is 0. The van der Waals surface area contributed by atoms with Crippen molar-refractivity contribution in [1.29, 1.82) is 0 Å². The number of hydrogen-bond donors (Lipinski definition) is 1. The highest BCUT2D eigenvalue weighted by Crippen LogP contribution is 2.38. The summed E-state index contributed by atoms with van der Waals surface area (Å²) in [5.41, 5.74) is 0.115. The first-order valence-electron chi connectivity index (χ1n) is 6.51. The molecule has 2 nitrogen and oxygen atoms in total. The van der Waals surface area contributed by atoms with E-state index in [0.717, 1.165) is 32.5 Å². The summed E-state index contributed by atoms with van der Waals surface area (Å²) < 4.78 is 5.30. The van der Waals surface area contributed by atoms with E-state index in [0.29, 0.717) is 0 Å². The van der Waals surface area contributed by atoms with E-state index >= 15 is 0 Å². The highest BCUT2D eigenvalue weighted by molar-refractivity contribution is 4.91. The average molecular weight is 214 g/mol. The van der Waals surface area contributed by atoms with Gasteiger partial charge in [0, 0.05) is 5.41 Å². The van der Waals surface area contributed by atoms with Crippen LogP contribution in [0, 0.1) is 5.41 Å². The molecule has 1 heterocycles. The lowest BCUT2D eigenvalue weighted by molar-refractivity contribution is -0.178. The monoisotopic (exact) mass is 214 g/mol.